The fraction of sp³-hybridized carbons (Fsp3) is 0.375. The minimum atomic E-state index is -1.40. The first kappa shape index (κ1) is 20.9. The van der Waals surface area contributed by atoms with E-state index in [1.165, 1.54) is 0 Å². The summed E-state index contributed by atoms with van der Waals surface area (Å²) in [5, 5.41) is 11.7. The lowest BCUT2D eigenvalue weighted by atomic mass is 9.98. The second-order valence-electron chi connectivity index (χ2n) is 7.96. The van der Waals surface area contributed by atoms with E-state index in [4.69, 9.17) is 9.47 Å². The van der Waals surface area contributed by atoms with Crippen molar-refractivity contribution >= 4 is 18.0 Å². The first-order chi connectivity index (χ1) is 15.0. The molecule has 4 rings (SSSR count). The second-order valence-corrected chi connectivity index (χ2v) is 7.96. The van der Waals surface area contributed by atoms with Crippen molar-refractivity contribution in [2.24, 2.45) is 0 Å². The number of carbonyl (C=O) groups is 3. The molecule has 2 aliphatic rings. The number of ether oxygens (including phenoxy) is 2. The SMILES string of the molecule is O=C(C[C@@H](NC(=O)OCC1c2ccccc2-c2ccccc21)C(=O)O)OC1CCCC1. The average Bonchev–Trinajstić information content (AvgIpc) is 3.37. The number of amides is 1. The van der Waals surface area contributed by atoms with E-state index in [-0.39, 0.29) is 18.6 Å². The fourth-order valence-electron chi connectivity index (χ4n) is 4.39. The van der Waals surface area contributed by atoms with E-state index in [0.717, 1.165) is 47.9 Å². The normalized spacial score (nSPS) is 16.3. The van der Waals surface area contributed by atoms with Crippen LogP contribution in [-0.2, 0) is 19.1 Å². The van der Waals surface area contributed by atoms with Crippen molar-refractivity contribution < 1.29 is 29.0 Å². The van der Waals surface area contributed by atoms with Crippen molar-refractivity contribution in [3.8, 4) is 11.1 Å². The summed E-state index contributed by atoms with van der Waals surface area (Å²) in [6, 6.07) is 14.5. The molecule has 1 amide bonds. The Morgan fingerprint density at radius 1 is 0.968 bits per heavy atom. The summed E-state index contributed by atoms with van der Waals surface area (Å²) >= 11 is 0. The van der Waals surface area contributed by atoms with Gasteiger partial charge in [0.15, 0.2) is 0 Å². The number of nitrogens with one attached hydrogen (secondary N) is 1. The van der Waals surface area contributed by atoms with Gasteiger partial charge in [-0.15, -0.1) is 0 Å². The van der Waals surface area contributed by atoms with Crippen LogP contribution in [0.4, 0.5) is 4.79 Å². The maximum atomic E-state index is 12.3. The van der Waals surface area contributed by atoms with Gasteiger partial charge in [0.05, 0.1) is 6.42 Å². The molecule has 7 nitrogen and oxygen atoms in total. The number of carboxylic acid groups (broad SMARTS) is 1. The summed E-state index contributed by atoms with van der Waals surface area (Å²) in [6.07, 6.45) is 2.12. The quantitative estimate of drug-likeness (QED) is 0.656. The number of carbonyl (C=O) groups excluding carboxylic acids is 2. The highest BCUT2D eigenvalue weighted by Crippen LogP contribution is 2.44. The molecule has 0 saturated heterocycles. The highest BCUT2D eigenvalue weighted by Gasteiger charge is 2.31. The number of benzene rings is 2. The number of hydrogen-bond donors (Lipinski definition) is 2. The highest BCUT2D eigenvalue weighted by molar-refractivity contribution is 5.85. The van der Waals surface area contributed by atoms with Gasteiger partial charge in [-0.25, -0.2) is 9.59 Å². The maximum Gasteiger partial charge on any atom is 0.407 e. The van der Waals surface area contributed by atoms with Gasteiger partial charge < -0.3 is 19.9 Å². The summed E-state index contributed by atoms with van der Waals surface area (Å²) in [5.41, 5.74) is 4.33. The van der Waals surface area contributed by atoms with E-state index < -0.39 is 30.5 Å². The molecule has 1 fully saturated rings. The van der Waals surface area contributed by atoms with Crippen molar-refractivity contribution in [2.75, 3.05) is 6.61 Å². The van der Waals surface area contributed by atoms with E-state index in [1.807, 2.05) is 48.5 Å². The Morgan fingerprint density at radius 3 is 2.13 bits per heavy atom. The fourth-order valence-corrected chi connectivity index (χ4v) is 4.39. The Hall–Kier alpha value is -3.35. The smallest absolute Gasteiger partial charge is 0.407 e. The molecule has 7 heteroatoms. The summed E-state index contributed by atoms with van der Waals surface area (Å²) in [7, 11) is 0. The molecule has 0 bridgehead atoms. The van der Waals surface area contributed by atoms with Gasteiger partial charge in [-0.2, -0.15) is 0 Å². The summed E-state index contributed by atoms with van der Waals surface area (Å²) in [4.78, 5) is 35.9. The average molecular weight is 423 g/mol. The number of esters is 1. The topological polar surface area (TPSA) is 102 Å². The Balaban J connectivity index is 1.35. The van der Waals surface area contributed by atoms with Gasteiger partial charge in [0.25, 0.3) is 0 Å². The van der Waals surface area contributed by atoms with Crippen LogP contribution in [0, 0.1) is 0 Å². The summed E-state index contributed by atoms with van der Waals surface area (Å²) in [6.45, 7) is 0.0682. The molecule has 0 unspecified atom stereocenters. The lowest BCUT2D eigenvalue weighted by Gasteiger charge is -2.18. The molecule has 0 aromatic heterocycles. The van der Waals surface area contributed by atoms with Gasteiger partial charge in [0, 0.05) is 5.92 Å². The molecule has 2 N–H and O–H groups in total. The van der Waals surface area contributed by atoms with E-state index in [2.05, 4.69) is 5.32 Å². The molecule has 0 heterocycles. The Morgan fingerprint density at radius 2 is 1.55 bits per heavy atom. The maximum absolute atomic E-state index is 12.3. The Kier molecular flexibility index (Phi) is 6.21. The molecule has 0 spiro atoms. The number of fused-ring (bicyclic) bond motifs is 3. The van der Waals surface area contributed by atoms with Gasteiger partial charge >= 0.3 is 18.0 Å². The van der Waals surface area contributed by atoms with Crippen LogP contribution in [0.5, 0.6) is 0 Å². The molecule has 2 aromatic rings. The van der Waals surface area contributed by atoms with Crippen LogP contribution in [0.25, 0.3) is 11.1 Å². The predicted octanol–water partition coefficient (Wildman–Crippen LogP) is 3.85. The van der Waals surface area contributed by atoms with Crippen LogP contribution in [-0.4, -0.2) is 41.9 Å². The van der Waals surface area contributed by atoms with Gasteiger partial charge in [-0.1, -0.05) is 48.5 Å². The first-order valence-corrected chi connectivity index (χ1v) is 10.6. The van der Waals surface area contributed by atoms with Gasteiger partial charge in [-0.3, -0.25) is 4.79 Å². The summed E-state index contributed by atoms with van der Waals surface area (Å²) < 4.78 is 10.7. The van der Waals surface area contributed by atoms with Crippen LogP contribution in [0.2, 0.25) is 0 Å². The van der Waals surface area contributed by atoms with Gasteiger partial charge in [0.1, 0.15) is 18.8 Å². The second kappa shape index (κ2) is 9.20. The number of hydrogen-bond acceptors (Lipinski definition) is 5. The monoisotopic (exact) mass is 423 g/mol. The van der Waals surface area contributed by atoms with Crippen LogP contribution in [0.1, 0.15) is 49.1 Å². The van der Waals surface area contributed by atoms with Crippen molar-refractivity contribution in [3.63, 3.8) is 0 Å². The largest absolute Gasteiger partial charge is 0.480 e. The van der Waals surface area contributed by atoms with E-state index in [1.54, 1.807) is 0 Å². The van der Waals surface area contributed by atoms with Gasteiger partial charge in [-0.05, 0) is 47.9 Å². The van der Waals surface area contributed by atoms with Crippen LogP contribution in [0.15, 0.2) is 48.5 Å². The third kappa shape index (κ3) is 4.71. The Labute approximate surface area is 180 Å². The number of carboxylic acids is 1. The van der Waals surface area contributed by atoms with Crippen molar-refractivity contribution in [1.29, 1.82) is 0 Å². The predicted molar refractivity (Wildman–Crippen MR) is 113 cm³/mol. The standard InChI is InChI=1S/C24H25NO6/c26-22(31-15-7-1-2-8-15)13-21(23(27)28)25-24(29)30-14-20-18-11-5-3-9-16(18)17-10-4-6-12-19(17)20/h3-6,9-12,15,20-21H,1-2,7-8,13-14H2,(H,25,29)(H,27,28)/t21-/m1/s1. The third-order valence-corrected chi connectivity index (χ3v) is 5.90. The van der Waals surface area contributed by atoms with Crippen molar-refractivity contribution in [3.05, 3.63) is 59.7 Å². The molecule has 162 valence electrons. The lowest BCUT2D eigenvalue weighted by molar-refractivity contribution is -0.153. The van der Waals surface area contributed by atoms with Crippen LogP contribution >= 0.6 is 0 Å². The van der Waals surface area contributed by atoms with Crippen LogP contribution < -0.4 is 5.32 Å². The summed E-state index contributed by atoms with van der Waals surface area (Å²) in [5.74, 6) is -2.07. The van der Waals surface area contributed by atoms with Crippen LogP contribution in [0.3, 0.4) is 0 Å². The van der Waals surface area contributed by atoms with E-state index >= 15 is 0 Å². The lowest BCUT2D eigenvalue weighted by Crippen LogP contribution is -2.43. The number of rotatable bonds is 7. The third-order valence-electron chi connectivity index (χ3n) is 5.90. The Bertz CT molecular complexity index is 936. The molecule has 31 heavy (non-hydrogen) atoms. The molecule has 2 aliphatic carbocycles. The van der Waals surface area contributed by atoms with Crippen molar-refractivity contribution in [2.45, 2.75) is 50.2 Å². The van der Waals surface area contributed by atoms with E-state index in [0.29, 0.717) is 0 Å². The molecule has 0 radical (unpaired) electrons. The van der Waals surface area contributed by atoms with Crippen molar-refractivity contribution in [1.82, 2.24) is 5.32 Å². The number of alkyl carbamates (subject to hydrolysis) is 1. The zero-order valence-corrected chi connectivity index (χ0v) is 17.1. The zero-order valence-electron chi connectivity index (χ0n) is 17.1. The molecule has 2 aromatic carbocycles. The van der Waals surface area contributed by atoms with Gasteiger partial charge in [0.2, 0.25) is 0 Å². The zero-order chi connectivity index (χ0) is 21.8. The minimum absolute atomic E-state index is 0.0682. The minimum Gasteiger partial charge on any atom is -0.480 e. The first-order valence-electron chi connectivity index (χ1n) is 10.6. The molecule has 1 saturated carbocycles. The molecule has 1 atom stereocenters. The molecule has 0 aliphatic heterocycles. The number of aliphatic carboxylic acids is 1. The molecular formula is C24H25NO6. The molecular weight excluding hydrogens is 398 g/mol. The van der Waals surface area contributed by atoms with E-state index in [9.17, 15) is 19.5 Å². The highest BCUT2D eigenvalue weighted by atomic mass is 16.6.